The van der Waals surface area contributed by atoms with Crippen molar-refractivity contribution in [1.82, 2.24) is 4.90 Å². The molecule has 1 fully saturated rings. The number of ether oxygens (including phenoxy) is 1. The van der Waals surface area contributed by atoms with E-state index in [1.54, 1.807) is 17.9 Å². The van der Waals surface area contributed by atoms with Crippen LogP contribution in [-0.4, -0.2) is 47.7 Å². The zero-order valence-electron chi connectivity index (χ0n) is 11.0. The van der Waals surface area contributed by atoms with Gasteiger partial charge < -0.3 is 14.7 Å². The summed E-state index contributed by atoms with van der Waals surface area (Å²) >= 11 is 0. The van der Waals surface area contributed by atoms with Crippen LogP contribution in [0.25, 0.3) is 0 Å². The van der Waals surface area contributed by atoms with Gasteiger partial charge in [0.05, 0.1) is 6.42 Å². The van der Waals surface area contributed by atoms with E-state index in [1.807, 2.05) is 6.92 Å². The Bertz CT molecular complexity index is 332. The van der Waals surface area contributed by atoms with Crippen molar-refractivity contribution in [2.45, 2.75) is 39.2 Å². The highest BCUT2D eigenvalue weighted by Gasteiger charge is 2.26. The predicted octanol–water partition coefficient (Wildman–Crippen LogP) is 1.43. The van der Waals surface area contributed by atoms with E-state index in [-0.39, 0.29) is 24.9 Å². The molecular formula is C13H21NO4. The van der Waals surface area contributed by atoms with Gasteiger partial charge in [0.15, 0.2) is 0 Å². The van der Waals surface area contributed by atoms with Crippen LogP contribution in [0.2, 0.25) is 0 Å². The van der Waals surface area contributed by atoms with Crippen LogP contribution in [0, 0.1) is 0 Å². The molecule has 0 aromatic heterocycles. The van der Waals surface area contributed by atoms with E-state index < -0.39 is 5.97 Å². The average molecular weight is 255 g/mol. The quantitative estimate of drug-likeness (QED) is 0.755. The lowest BCUT2D eigenvalue weighted by Gasteiger charge is -2.34. The molecule has 5 nitrogen and oxygen atoms in total. The van der Waals surface area contributed by atoms with Crippen LogP contribution in [0.4, 0.5) is 0 Å². The second-order valence-corrected chi connectivity index (χ2v) is 4.46. The number of allylic oxidation sites excluding steroid dienone is 1. The summed E-state index contributed by atoms with van der Waals surface area (Å²) in [6.45, 7) is 5.11. The van der Waals surface area contributed by atoms with Gasteiger partial charge >= 0.3 is 5.97 Å². The highest BCUT2D eigenvalue weighted by molar-refractivity contribution is 5.93. The van der Waals surface area contributed by atoms with Gasteiger partial charge in [-0.3, -0.25) is 9.59 Å². The van der Waals surface area contributed by atoms with Gasteiger partial charge in [0, 0.05) is 31.4 Å². The minimum Gasteiger partial charge on any atom is -0.481 e. The van der Waals surface area contributed by atoms with Crippen molar-refractivity contribution in [3.63, 3.8) is 0 Å². The maximum absolute atomic E-state index is 12.2. The molecule has 1 saturated heterocycles. The molecule has 1 heterocycles. The predicted molar refractivity (Wildman–Crippen MR) is 67.2 cm³/mol. The number of hydrogen-bond donors (Lipinski definition) is 1. The Morgan fingerprint density at radius 3 is 2.50 bits per heavy atom. The molecule has 18 heavy (non-hydrogen) atoms. The minimum atomic E-state index is -0.877. The summed E-state index contributed by atoms with van der Waals surface area (Å²) in [6, 6.07) is 0.0977. The molecule has 0 radical (unpaired) electrons. The molecule has 0 aromatic carbocycles. The number of hydrogen-bond acceptors (Lipinski definition) is 3. The normalized spacial score (nSPS) is 17.6. The Morgan fingerprint density at radius 1 is 1.39 bits per heavy atom. The number of amides is 1. The number of carboxylic acid groups (broad SMARTS) is 1. The third-order valence-corrected chi connectivity index (χ3v) is 3.23. The van der Waals surface area contributed by atoms with Crippen molar-refractivity contribution in [3.8, 4) is 0 Å². The standard InChI is InChI=1S/C13H21NO4/c1-3-10(2)13(17)14(7-4-12(15)16)11-5-8-18-9-6-11/h3,11H,4-9H2,1-2H3,(H,15,16). The van der Waals surface area contributed by atoms with Gasteiger partial charge in [-0.25, -0.2) is 0 Å². The van der Waals surface area contributed by atoms with Gasteiger partial charge in [-0.2, -0.15) is 0 Å². The number of aliphatic carboxylic acids is 1. The first kappa shape index (κ1) is 14.7. The Balaban J connectivity index is 2.72. The Kier molecular flexibility index (Phi) is 5.85. The molecule has 0 spiro atoms. The molecule has 1 aliphatic rings. The highest BCUT2D eigenvalue weighted by atomic mass is 16.5. The van der Waals surface area contributed by atoms with Crippen molar-refractivity contribution in [2.75, 3.05) is 19.8 Å². The van der Waals surface area contributed by atoms with Crippen LogP contribution >= 0.6 is 0 Å². The number of carbonyl (C=O) groups is 2. The Morgan fingerprint density at radius 2 is 2.00 bits per heavy atom. The molecule has 1 aliphatic heterocycles. The van der Waals surface area contributed by atoms with E-state index in [9.17, 15) is 9.59 Å². The van der Waals surface area contributed by atoms with Crippen molar-refractivity contribution in [1.29, 1.82) is 0 Å². The summed E-state index contributed by atoms with van der Waals surface area (Å²) in [6.07, 6.45) is 3.31. The van der Waals surface area contributed by atoms with Gasteiger partial charge in [0.2, 0.25) is 5.91 Å². The first-order valence-electron chi connectivity index (χ1n) is 6.29. The summed E-state index contributed by atoms with van der Waals surface area (Å²) in [5.41, 5.74) is 0.659. The Labute approximate surface area is 107 Å². The number of carboxylic acids is 1. The molecule has 0 unspecified atom stereocenters. The third kappa shape index (κ3) is 4.14. The van der Waals surface area contributed by atoms with E-state index in [1.165, 1.54) is 0 Å². The van der Waals surface area contributed by atoms with Crippen molar-refractivity contribution in [2.24, 2.45) is 0 Å². The lowest BCUT2D eigenvalue weighted by molar-refractivity contribution is -0.139. The SMILES string of the molecule is CC=C(C)C(=O)N(CCC(=O)O)C1CCOCC1. The first-order valence-corrected chi connectivity index (χ1v) is 6.29. The van der Waals surface area contributed by atoms with Gasteiger partial charge in [-0.1, -0.05) is 6.08 Å². The van der Waals surface area contributed by atoms with Gasteiger partial charge in [0.25, 0.3) is 0 Å². The number of rotatable bonds is 5. The Hall–Kier alpha value is -1.36. The van der Waals surface area contributed by atoms with Crippen molar-refractivity contribution < 1.29 is 19.4 Å². The fourth-order valence-corrected chi connectivity index (χ4v) is 2.01. The molecule has 1 N–H and O–H groups in total. The van der Waals surface area contributed by atoms with Gasteiger partial charge in [-0.15, -0.1) is 0 Å². The molecule has 0 atom stereocenters. The topological polar surface area (TPSA) is 66.8 Å². The second-order valence-electron chi connectivity index (χ2n) is 4.46. The zero-order chi connectivity index (χ0) is 13.5. The first-order chi connectivity index (χ1) is 8.56. The van der Waals surface area contributed by atoms with Crippen LogP contribution in [-0.2, 0) is 14.3 Å². The lowest BCUT2D eigenvalue weighted by atomic mass is 10.1. The van der Waals surface area contributed by atoms with E-state index in [2.05, 4.69) is 0 Å². The summed E-state index contributed by atoms with van der Waals surface area (Å²) in [5.74, 6) is -0.941. The summed E-state index contributed by atoms with van der Waals surface area (Å²) in [5, 5.41) is 8.76. The fraction of sp³-hybridized carbons (Fsp3) is 0.692. The smallest absolute Gasteiger partial charge is 0.305 e. The average Bonchev–Trinajstić information content (AvgIpc) is 2.38. The van der Waals surface area contributed by atoms with Crippen LogP contribution in [0.15, 0.2) is 11.6 Å². The van der Waals surface area contributed by atoms with Crippen LogP contribution in [0.1, 0.15) is 33.1 Å². The van der Waals surface area contributed by atoms with Crippen LogP contribution in [0.5, 0.6) is 0 Å². The largest absolute Gasteiger partial charge is 0.481 e. The monoisotopic (exact) mass is 255 g/mol. The van der Waals surface area contributed by atoms with E-state index in [4.69, 9.17) is 9.84 Å². The molecule has 0 bridgehead atoms. The third-order valence-electron chi connectivity index (χ3n) is 3.23. The second kappa shape index (κ2) is 7.16. The molecule has 0 aliphatic carbocycles. The van der Waals surface area contributed by atoms with Gasteiger partial charge in [-0.05, 0) is 26.7 Å². The van der Waals surface area contributed by atoms with E-state index >= 15 is 0 Å². The van der Waals surface area contributed by atoms with Crippen molar-refractivity contribution >= 4 is 11.9 Å². The fourth-order valence-electron chi connectivity index (χ4n) is 2.01. The molecule has 1 rings (SSSR count). The summed E-state index contributed by atoms with van der Waals surface area (Å²) in [4.78, 5) is 24.6. The summed E-state index contributed by atoms with van der Waals surface area (Å²) in [7, 11) is 0. The van der Waals surface area contributed by atoms with E-state index in [0.717, 1.165) is 12.8 Å². The molecule has 0 saturated carbocycles. The zero-order valence-corrected chi connectivity index (χ0v) is 11.0. The van der Waals surface area contributed by atoms with Gasteiger partial charge in [0.1, 0.15) is 0 Å². The molecule has 1 amide bonds. The molecule has 102 valence electrons. The van der Waals surface area contributed by atoms with Crippen molar-refractivity contribution in [3.05, 3.63) is 11.6 Å². The molecular weight excluding hydrogens is 234 g/mol. The maximum atomic E-state index is 12.2. The van der Waals surface area contributed by atoms with Crippen LogP contribution in [0.3, 0.4) is 0 Å². The highest BCUT2D eigenvalue weighted by Crippen LogP contribution is 2.17. The summed E-state index contributed by atoms with van der Waals surface area (Å²) < 4.78 is 5.27. The molecule has 5 heteroatoms. The maximum Gasteiger partial charge on any atom is 0.305 e. The van der Waals surface area contributed by atoms with E-state index in [0.29, 0.717) is 18.8 Å². The van der Waals surface area contributed by atoms with Crippen LogP contribution < -0.4 is 0 Å². The molecule has 0 aromatic rings. The number of nitrogens with zero attached hydrogens (tertiary/aromatic N) is 1. The lowest BCUT2D eigenvalue weighted by Crippen LogP contribution is -2.44. The number of carbonyl (C=O) groups excluding carboxylic acids is 1. The minimum absolute atomic E-state index is 0.0138.